The first-order chi connectivity index (χ1) is 8.30. The number of aromatic hydroxyl groups is 1. The van der Waals surface area contributed by atoms with Crippen molar-refractivity contribution in [2.75, 3.05) is 27.2 Å². The van der Waals surface area contributed by atoms with Gasteiger partial charge in [-0.1, -0.05) is 0 Å². The normalized spacial score (nSPS) is 14.8. The lowest BCUT2D eigenvalue weighted by Gasteiger charge is -2.27. The summed E-state index contributed by atoms with van der Waals surface area (Å²) in [6, 6.07) is 3.40. The molecule has 18 heavy (non-hydrogen) atoms. The highest BCUT2D eigenvalue weighted by atomic mass is 16.3. The number of pyridine rings is 1. The second-order valence-corrected chi connectivity index (χ2v) is 5.26. The number of nitrogens with zero attached hydrogens (tertiary/aromatic N) is 2. The Balaban J connectivity index is 2.48. The molecule has 0 bridgehead atoms. The zero-order valence-electron chi connectivity index (χ0n) is 11.6. The molecule has 0 fully saturated rings. The van der Waals surface area contributed by atoms with Gasteiger partial charge in [0.05, 0.1) is 11.3 Å². The summed E-state index contributed by atoms with van der Waals surface area (Å²) in [5.41, 5.74) is 0.670. The van der Waals surface area contributed by atoms with Crippen LogP contribution in [0.1, 0.15) is 18.3 Å². The van der Waals surface area contributed by atoms with Crippen molar-refractivity contribution in [3.63, 3.8) is 0 Å². The second kappa shape index (κ2) is 6.13. The van der Waals surface area contributed by atoms with Gasteiger partial charge in [-0.2, -0.15) is 0 Å². The fraction of sp³-hybridized carbons (Fsp3) is 0.615. The average molecular weight is 253 g/mol. The molecule has 0 spiro atoms. The highest BCUT2D eigenvalue weighted by Crippen LogP contribution is 2.14. The molecule has 102 valence electrons. The minimum atomic E-state index is -0.803. The Morgan fingerprint density at radius 1 is 1.39 bits per heavy atom. The standard InChI is InChI=1S/C13H23N3O2/c1-10-5-6-12(17)11(15-10)7-14-8-13(2,18)9-16(3)4/h5-6,14,17-18H,7-9H2,1-4H3. The zero-order valence-corrected chi connectivity index (χ0v) is 11.6. The third-order valence-electron chi connectivity index (χ3n) is 2.54. The van der Waals surface area contributed by atoms with Crippen LogP contribution in [0.25, 0.3) is 0 Å². The van der Waals surface area contributed by atoms with Gasteiger partial charge in [-0.3, -0.25) is 4.98 Å². The van der Waals surface area contributed by atoms with Crippen LogP contribution in [0, 0.1) is 6.92 Å². The van der Waals surface area contributed by atoms with Crippen molar-refractivity contribution in [2.24, 2.45) is 0 Å². The molecule has 0 aliphatic rings. The van der Waals surface area contributed by atoms with Crippen molar-refractivity contribution in [2.45, 2.75) is 26.0 Å². The lowest BCUT2D eigenvalue weighted by atomic mass is 10.1. The summed E-state index contributed by atoms with van der Waals surface area (Å²) >= 11 is 0. The number of hydrogen-bond acceptors (Lipinski definition) is 5. The van der Waals surface area contributed by atoms with E-state index in [0.29, 0.717) is 25.3 Å². The quantitative estimate of drug-likeness (QED) is 0.689. The average Bonchev–Trinajstić information content (AvgIpc) is 2.21. The van der Waals surface area contributed by atoms with Crippen molar-refractivity contribution < 1.29 is 10.2 Å². The topological polar surface area (TPSA) is 68.6 Å². The van der Waals surface area contributed by atoms with Crippen molar-refractivity contribution in [3.05, 3.63) is 23.5 Å². The van der Waals surface area contributed by atoms with Gasteiger partial charge in [0.25, 0.3) is 0 Å². The number of aryl methyl sites for hydroxylation is 1. The van der Waals surface area contributed by atoms with Gasteiger partial charge < -0.3 is 20.4 Å². The molecule has 0 aliphatic heterocycles. The first-order valence-corrected chi connectivity index (χ1v) is 6.03. The maximum atomic E-state index is 10.1. The molecule has 1 aromatic rings. The molecule has 0 aliphatic carbocycles. The minimum Gasteiger partial charge on any atom is -0.506 e. The molecule has 5 heteroatoms. The lowest BCUT2D eigenvalue weighted by Crippen LogP contribution is -2.45. The molecule has 0 radical (unpaired) electrons. The number of rotatable bonds is 6. The predicted molar refractivity (Wildman–Crippen MR) is 71.5 cm³/mol. The van der Waals surface area contributed by atoms with Crippen LogP contribution in [-0.2, 0) is 6.54 Å². The van der Waals surface area contributed by atoms with Crippen molar-refractivity contribution in [3.8, 4) is 5.75 Å². The predicted octanol–water partition coefficient (Wildman–Crippen LogP) is 0.498. The highest BCUT2D eigenvalue weighted by Gasteiger charge is 2.20. The van der Waals surface area contributed by atoms with E-state index in [-0.39, 0.29) is 5.75 Å². The van der Waals surface area contributed by atoms with Crippen LogP contribution in [0.3, 0.4) is 0 Å². The van der Waals surface area contributed by atoms with Gasteiger partial charge in [0, 0.05) is 25.3 Å². The van der Waals surface area contributed by atoms with Gasteiger partial charge in [-0.25, -0.2) is 0 Å². The first-order valence-electron chi connectivity index (χ1n) is 6.03. The smallest absolute Gasteiger partial charge is 0.138 e. The fourth-order valence-corrected chi connectivity index (χ4v) is 1.92. The summed E-state index contributed by atoms with van der Waals surface area (Å²) in [5.74, 6) is 0.181. The molecule has 1 heterocycles. The third kappa shape index (κ3) is 5.00. The van der Waals surface area contributed by atoms with Gasteiger partial charge in [-0.05, 0) is 40.1 Å². The van der Waals surface area contributed by atoms with E-state index in [2.05, 4.69) is 10.3 Å². The van der Waals surface area contributed by atoms with E-state index in [1.54, 1.807) is 19.1 Å². The Hall–Kier alpha value is -1.17. The van der Waals surface area contributed by atoms with Crippen LogP contribution in [0.2, 0.25) is 0 Å². The summed E-state index contributed by atoms with van der Waals surface area (Å²) in [4.78, 5) is 6.18. The fourth-order valence-electron chi connectivity index (χ4n) is 1.92. The summed E-state index contributed by atoms with van der Waals surface area (Å²) < 4.78 is 0. The summed E-state index contributed by atoms with van der Waals surface area (Å²) in [5, 5.41) is 22.9. The minimum absolute atomic E-state index is 0.181. The van der Waals surface area contributed by atoms with Crippen LogP contribution in [-0.4, -0.2) is 52.9 Å². The van der Waals surface area contributed by atoms with Crippen molar-refractivity contribution >= 4 is 0 Å². The Morgan fingerprint density at radius 3 is 2.67 bits per heavy atom. The number of likely N-dealkylation sites (N-methyl/N-ethyl adjacent to an activating group) is 1. The molecular formula is C13H23N3O2. The molecule has 0 amide bonds. The number of aromatic nitrogens is 1. The molecule has 1 unspecified atom stereocenters. The number of hydrogen-bond donors (Lipinski definition) is 3. The Labute approximate surface area is 108 Å². The Bertz CT molecular complexity index is 392. The molecule has 3 N–H and O–H groups in total. The molecule has 0 saturated heterocycles. The summed E-state index contributed by atoms with van der Waals surface area (Å²) in [7, 11) is 3.84. The van der Waals surface area contributed by atoms with Crippen molar-refractivity contribution in [1.82, 2.24) is 15.2 Å². The molecule has 5 nitrogen and oxygen atoms in total. The lowest BCUT2D eigenvalue weighted by molar-refractivity contribution is 0.0335. The second-order valence-electron chi connectivity index (χ2n) is 5.26. The largest absolute Gasteiger partial charge is 0.506 e. The molecule has 1 atom stereocenters. The Morgan fingerprint density at radius 2 is 2.06 bits per heavy atom. The van der Waals surface area contributed by atoms with E-state index < -0.39 is 5.60 Å². The Kier molecular flexibility index (Phi) is 5.07. The van der Waals surface area contributed by atoms with Gasteiger partial charge in [0.15, 0.2) is 0 Å². The van der Waals surface area contributed by atoms with E-state index in [1.165, 1.54) is 0 Å². The third-order valence-corrected chi connectivity index (χ3v) is 2.54. The number of nitrogens with one attached hydrogen (secondary N) is 1. The monoisotopic (exact) mass is 253 g/mol. The molecule has 0 aromatic carbocycles. The molecule has 1 rings (SSSR count). The van der Waals surface area contributed by atoms with Crippen LogP contribution >= 0.6 is 0 Å². The van der Waals surface area contributed by atoms with Gasteiger partial charge in [0.2, 0.25) is 0 Å². The van der Waals surface area contributed by atoms with Crippen LogP contribution in [0.15, 0.2) is 12.1 Å². The summed E-state index contributed by atoms with van der Waals surface area (Å²) in [6.07, 6.45) is 0. The first kappa shape index (κ1) is 14.9. The number of aliphatic hydroxyl groups is 1. The maximum Gasteiger partial charge on any atom is 0.138 e. The van der Waals surface area contributed by atoms with E-state index in [1.807, 2.05) is 25.9 Å². The van der Waals surface area contributed by atoms with E-state index in [0.717, 1.165) is 5.69 Å². The van der Waals surface area contributed by atoms with Gasteiger partial charge >= 0.3 is 0 Å². The molecule has 0 saturated carbocycles. The molecule has 1 aromatic heterocycles. The van der Waals surface area contributed by atoms with E-state index in [4.69, 9.17) is 0 Å². The SMILES string of the molecule is Cc1ccc(O)c(CNCC(C)(O)CN(C)C)n1. The highest BCUT2D eigenvalue weighted by molar-refractivity contribution is 5.27. The van der Waals surface area contributed by atoms with E-state index in [9.17, 15) is 10.2 Å². The van der Waals surface area contributed by atoms with Crippen LogP contribution in [0.5, 0.6) is 5.75 Å². The maximum absolute atomic E-state index is 10.1. The molecular weight excluding hydrogens is 230 g/mol. The van der Waals surface area contributed by atoms with Gasteiger partial charge in [-0.15, -0.1) is 0 Å². The summed E-state index contributed by atoms with van der Waals surface area (Å²) in [6.45, 7) is 5.12. The zero-order chi connectivity index (χ0) is 13.8. The van der Waals surface area contributed by atoms with Crippen molar-refractivity contribution in [1.29, 1.82) is 0 Å². The van der Waals surface area contributed by atoms with Gasteiger partial charge in [0.1, 0.15) is 5.75 Å². The van der Waals surface area contributed by atoms with E-state index >= 15 is 0 Å². The van der Waals surface area contributed by atoms with Crippen LogP contribution in [0.4, 0.5) is 0 Å². The van der Waals surface area contributed by atoms with Crippen LogP contribution < -0.4 is 5.32 Å².